The van der Waals surface area contributed by atoms with Crippen molar-refractivity contribution in [2.24, 2.45) is 0 Å². The molecule has 0 spiro atoms. The summed E-state index contributed by atoms with van der Waals surface area (Å²) in [6.45, 7) is 0. The van der Waals surface area contributed by atoms with Crippen molar-refractivity contribution in [1.29, 1.82) is 0 Å². The van der Waals surface area contributed by atoms with Crippen molar-refractivity contribution in [3.05, 3.63) is 0 Å². The van der Waals surface area contributed by atoms with E-state index in [2.05, 4.69) is 0 Å². The lowest BCUT2D eigenvalue weighted by atomic mass is 12.0. The zero-order valence-corrected chi connectivity index (χ0v) is 0. The van der Waals surface area contributed by atoms with Gasteiger partial charge in [0.1, 0.15) is 0 Å². The van der Waals surface area contributed by atoms with E-state index in [9.17, 15) is 0 Å². The molecule has 0 fully saturated rings. The average Bonchev–Trinajstić information content (AvgIpc) is 0. The van der Waals surface area contributed by atoms with Crippen LogP contribution in [0.3, 0.4) is 0 Å². The summed E-state index contributed by atoms with van der Waals surface area (Å²) in [6, 6.07) is 0. The molecule has 0 bridgehead atoms. The molecule has 0 rings (SSSR count). The fourth-order valence-electron chi connectivity index (χ4n) is 0. The maximum atomic E-state index is 0. The van der Waals surface area contributed by atoms with Crippen LogP contribution in [0.5, 0.6) is 0 Å². The molecule has 0 radical (unpaired) electrons. The smallest absolute Gasteiger partial charge is 0.0776 e. The third-order valence-electron chi connectivity index (χ3n) is 0. The highest BCUT2D eigenvalue weighted by Gasteiger charge is 0.0444. The quantitative estimate of drug-likeness (QED) is 0.227. The number of rotatable bonds is 0. The molecule has 0 heteroatoms. The highest BCUT2D eigenvalue weighted by atomic mass is 12.1. The van der Waals surface area contributed by atoms with Crippen LogP contribution in [0.2, 0.25) is 0 Å². The molecule has 0 aromatic carbocycles. The van der Waals surface area contributed by atoms with Gasteiger partial charge in [-0.3, -0.25) is 0 Å². The molecule has 0 aromatic rings. The molecule has 0 atom stereocenters. The van der Waals surface area contributed by atoms with Crippen molar-refractivity contribution < 1.29 is 0 Å². The lowest BCUT2D eigenvalue weighted by Gasteiger charge is -0.0786. The Balaban J connectivity index is 0. The Bertz CT molecular complexity index is 0. The molecule has 0 saturated carbocycles. The maximum Gasteiger partial charge on any atom is -0.0776 e. The van der Waals surface area contributed by atoms with E-state index in [1.807, 2.05) is 0 Å². The minimum Gasteiger partial charge on any atom is -0.0776 e. The minimum absolute atomic E-state index is 0. The van der Waals surface area contributed by atoms with Crippen molar-refractivity contribution in [2.45, 2.75) is 913 Å². The fourth-order valence-corrected chi connectivity index (χ4v) is 0. The van der Waals surface area contributed by atoms with E-state index in [4.69, 9.17) is 0 Å². The molecule has 0 aromatic heterocycles. The zero-order chi connectivity index (χ0) is 0. The largest absolute Gasteiger partial charge is 0.0776 e. The first-order chi connectivity index (χ1) is 0. The molecule has 0 aliphatic rings. The van der Waals surface area contributed by atoms with Crippen LogP contribution in [0.4, 0.5) is 0 Å². The van der Waals surface area contributed by atoms with Gasteiger partial charge in [0, 0.05) is 0 Å². The van der Waals surface area contributed by atoms with Crippen molar-refractivity contribution in [3.8, 4) is 0 Å². The number of hydrogen-bond donors (Lipinski definition) is 0. The molecular weight excluding hydrogens is 1480 g/mol. The second kappa shape index (κ2) is 0. The van der Waals surface area contributed by atoms with Crippen molar-refractivity contribution >= 4 is 0 Å². The first-order valence-electron chi connectivity index (χ1n) is 0. The highest BCUT2D eigenvalue weighted by molar-refractivity contribution is 2.62. The van der Waals surface area contributed by atoms with Gasteiger partial charge in [-0.2, -0.15) is 0 Å². The van der Waals surface area contributed by atoms with Crippen molar-refractivity contribution in [3.63, 3.8) is 0 Å². The van der Waals surface area contributed by atoms with Gasteiger partial charge in [0.2, 0.25) is 0 Å². The summed E-state index contributed by atoms with van der Waals surface area (Å²) in [7, 11) is 0. The Kier molecular flexibility index (Phi) is 0. The van der Waals surface area contributed by atoms with E-state index < -0.39 is 0 Å². The van der Waals surface area contributed by atoms with Gasteiger partial charge in [0.05, 0.1) is 0 Å². The zero-order valence-electron chi connectivity index (χ0n) is 0. The molecule has 0 nitrogen and oxygen atoms in total. The number of hydrogen-bond acceptors (Lipinski definition) is 0. The second-order valence-electron chi connectivity index (χ2n) is 0. The van der Waals surface area contributed by atoms with Gasteiger partial charge in [0.25, 0.3) is 0 Å². The third kappa shape index (κ3) is 0. The van der Waals surface area contributed by atoms with Crippen LogP contribution in [-0.2, 0) is 0 Å². The van der Waals surface area contributed by atoms with E-state index in [1.54, 1.807) is 0 Å². The Morgan fingerprint density at radius 2 is 0.00813 bits per heavy atom. The van der Waals surface area contributed by atoms with Gasteiger partial charge in [-0.05, 0) is 0 Å². The van der Waals surface area contributed by atoms with Gasteiger partial charge >= 0.3 is 0 Å². The Morgan fingerprint density at radius 3 is 0.00813 bits per heavy atom. The monoisotopic (exact) mass is 1970 g/mol. The van der Waals surface area contributed by atoms with Crippen LogP contribution in [0.15, 0.2) is 0 Å². The van der Waals surface area contributed by atoms with Crippen LogP contribution >= 0.6 is 0 Å². The molecule has 0 saturated heterocycles. The van der Waals surface area contributed by atoms with Crippen LogP contribution in [0.1, 0.15) is 913 Å². The molecule has 0 heterocycles. The lowest BCUT2D eigenvalue weighted by molar-refractivity contribution is 2.50. The van der Waals surface area contributed by atoms with Crippen LogP contribution in [-0.4, -0.2) is 0 Å². The van der Waals surface area contributed by atoms with Crippen molar-refractivity contribution in [2.75, 3.05) is 0 Å². The maximum absolute atomic E-state index is 0. The first-order valence-corrected chi connectivity index (χ1v) is 0. The average molecular weight is 1970 g/mol. The van der Waals surface area contributed by atoms with Crippen LogP contribution < -0.4 is 0 Å². The van der Waals surface area contributed by atoms with Gasteiger partial charge in [0.15, 0.2) is 0 Å². The summed E-state index contributed by atoms with van der Waals surface area (Å²) < 4.78 is 0. The highest BCUT2D eigenvalue weighted by Crippen LogP contribution is 0.266. The van der Waals surface area contributed by atoms with Gasteiger partial charge in [-0.1, -0.05) is 913 Å². The van der Waals surface area contributed by atoms with Gasteiger partial charge < -0.3 is 0 Å². The standard InChI is InChI=1S/123CH4/h123*1H4. The lowest BCUT2D eigenvalue weighted by Crippen LogP contribution is 0.143. The SMILES string of the molecule is C.C.C.C.C.C.C.C.C.C.C.C.C.C.C.C.C.C.C.C.C.C.C.C.C.C.C.C.C.C.C.C.C.C.C.C.C.C.C.C.C.C.C.C.C.C.C.C.C.C.C.C.C.C.C.C.C.C.C.C.C.C.C.C.C.C.C.C.C.C.C.C.C.C.C.C.C.C.C.C.C.C.C.C.C.C.C.C.C.C.C.C.C.C.C.C.C.C.C.C.C.C.C.C.C.C.C.C.C.C.C.C.C.C.C.C.C.C.C.C.C.C.C. The minimum atomic E-state index is 0. The molecule has 0 amide bonds. The van der Waals surface area contributed by atoms with E-state index in [1.165, 1.54) is 0 Å². The summed E-state index contributed by atoms with van der Waals surface area (Å²) >= 11 is 0. The third-order valence-corrected chi connectivity index (χ3v) is 0. The molecule has 0 N–H and O–H groups in total. The molecule has 0 aliphatic carbocycles. The van der Waals surface area contributed by atoms with E-state index in [-0.39, 0.29) is 913 Å². The molecule has 0 unspecified atom stereocenters. The van der Waals surface area contributed by atoms with E-state index >= 15 is 0 Å². The predicted molar refractivity (Wildman–Crippen MR) is 828 cm³/mol. The Morgan fingerprint density at radius 1 is 0.00813 bits per heavy atom. The van der Waals surface area contributed by atoms with Gasteiger partial charge in [-0.25, -0.2) is 0 Å². The normalized spacial score (nSPS) is 0. The van der Waals surface area contributed by atoms with Crippen molar-refractivity contribution in [1.82, 2.24) is 0 Å². The fraction of sp³-hybridized carbons (Fsp3) is 1.00. The van der Waals surface area contributed by atoms with Crippen LogP contribution in [0, 0.1) is 0 Å². The van der Waals surface area contributed by atoms with Gasteiger partial charge in [-0.15, -0.1) is 0 Å². The van der Waals surface area contributed by atoms with Crippen LogP contribution in [0.25, 0.3) is 0 Å². The molecular formula is C123H492. The summed E-state index contributed by atoms with van der Waals surface area (Å²) in [5.41, 5.74) is 0. The van der Waals surface area contributed by atoms with E-state index in [0.717, 1.165) is 0 Å². The Labute approximate surface area is 908 Å². The molecule has 123 heavy (non-hydrogen) atoms. The Hall–Kier alpha value is 0. The first kappa shape index (κ1) is 0. The second-order valence-corrected chi connectivity index (χ2v) is 0. The topological polar surface area (TPSA) is 0 Å². The predicted octanol–water partition coefficient (Wildman–Crippen LogP) is 78.2. The summed E-state index contributed by atoms with van der Waals surface area (Å²) in [5.74, 6) is 0. The van der Waals surface area contributed by atoms with E-state index in [0.29, 0.717) is 0 Å². The molecule has 0 aliphatic heterocycles. The molecule has 984 valence electrons. The summed E-state index contributed by atoms with van der Waals surface area (Å²) in [4.78, 5) is 0. The summed E-state index contributed by atoms with van der Waals surface area (Å²) in [6.07, 6.45) is 0. The summed E-state index contributed by atoms with van der Waals surface area (Å²) in [5, 5.41) is 0.